The van der Waals surface area contributed by atoms with Crippen LogP contribution in [0.25, 0.3) is 5.69 Å². The summed E-state index contributed by atoms with van der Waals surface area (Å²) in [6, 6.07) is 5.56. The highest BCUT2D eigenvalue weighted by atomic mass is 35.5. The first-order valence-electron chi connectivity index (χ1n) is 7.00. The quantitative estimate of drug-likeness (QED) is 0.873. The molecule has 1 aromatic carbocycles. The van der Waals surface area contributed by atoms with Crippen LogP contribution in [0.15, 0.2) is 24.3 Å². The molecule has 0 unspecified atom stereocenters. The number of hydrogen-bond donors (Lipinski definition) is 2. The first-order chi connectivity index (χ1) is 10.9. The Bertz CT molecular complexity index is 728. The number of rotatable bonds is 5. The summed E-state index contributed by atoms with van der Waals surface area (Å²) < 4.78 is 14.3. The van der Waals surface area contributed by atoms with Gasteiger partial charge >= 0.3 is 0 Å². The molecule has 0 atom stereocenters. The van der Waals surface area contributed by atoms with E-state index in [0.29, 0.717) is 17.9 Å². The molecule has 2 rings (SSSR count). The molecule has 2 aromatic rings. The van der Waals surface area contributed by atoms with Gasteiger partial charge in [0.25, 0.3) is 5.91 Å². The van der Waals surface area contributed by atoms with Gasteiger partial charge in [0.2, 0.25) is 5.91 Å². The number of halogens is 2. The molecule has 23 heavy (non-hydrogen) atoms. The highest BCUT2D eigenvalue weighted by Crippen LogP contribution is 2.23. The number of aromatic nitrogens is 2. The fourth-order valence-electron chi connectivity index (χ4n) is 2.02. The molecule has 122 valence electrons. The predicted octanol–water partition coefficient (Wildman–Crippen LogP) is 1.84. The van der Waals surface area contributed by atoms with Crippen molar-refractivity contribution in [3.05, 3.63) is 46.5 Å². The molecule has 0 aliphatic carbocycles. The van der Waals surface area contributed by atoms with Gasteiger partial charge in [0.1, 0.15) is 11.0 Å². The number of aryl methyl sites for hydroxylation is 1. The number of carbonyl (C=O) groups is 2. The Kier molecular flexibility index (Phi) is 5.33. The van der Waals surface area contributed by atoms with Crippen LogP contribution in [0.1, 0.15) is 23.0 Å². The molecular weight excluding hydrogens is 323 g/mol. The van der Waals surface area contributed by atoms with Crippen LogP contribution in [0.3, 0.4) is 0 Å². The SMILES string of the molecule is CCNC(=O)CNC(=O)c1c(C)nn(-c2ccc(F)cc2)c1Cl. The summed E-state index contributed by atoms with van der Waals surface area (Å²) in [4.78, 5) is 23.6. The standard InChI is InChI=1S/C15H16ClFN4O2/c1-3-18-12(22)8-19-15(23)13-9(2)20-21(14(13)16)11-6-4-10(17)5-7-11/h4-7H,3,8H2,1-2H3,(H,18,22)(H,19,23). The molecule has 2 amide bonds. The van der Waals surface area contributed by atoms with E-state index >= 15 is 0 Å². The van der Waals surface area contributed by atoms with E-state index in [2.05, 4.69) is 15.7 Å². The third-order valence-electron chi connectivity index (χ3n) is 3.09. The number of carbonyl (C=O) groups excluding carboxylic acids is 2. The van der Waals surface area contributed by atoms with Crippen LogP contribution in [0, 0.1) is 12.7 Å². The molecule has 0 saturated carbocycles. The highest BCUT2D eigenvalue weighted by Gasteiger charge is 2.21. The predicted molar refractivity (Wildman–Crippen MR) is 84.3 cm³/mol. The molecule has 0 radical (unpaired) electrons. The summed E-state index contributed by atoms with van der Waals surface area (Å²) in [6.45, 7) is 3.75. The number of nitrogens with one attached hydrogen (secondary N) is 2. The summed E-state index contributed by atoms with van der Waals surface area (Å²) in [5.74, 6) is -1.17. The molecule has 1 heterocycles. The molecule has 2 N–H and O–H groups in total. The van der Waals surface area contributed by atoms with Gasteiger partial charge in [0.15, 0.2) is 0 Å². The topological polar surface area (TPSA) is 76.0 Å². The lowest BCUT2D eigenvalue weighted by atomic mass is 10.2. The monoisotopic (exact) mass is 338 g/mol. The average Bonchev–Trinajstić information content (AvgIpc) is 2.81. The van der Waals surface area contributed by atoms with Crippen molar-refractivity contribution in [1.82, 2.24) is 20.4 Å². The maximum Gasteiger partial charge on any atom is 0.256 e. The first-order valence-corrected chi connectivity index (χ1v) is 7.37. The Morgan fingerprint density at radius 2 is 1.91 bits per heavy atom. The molecule has 0 fully saturated rings. The van der Waals surface area contributed by atoms with Gasteiger partial charge in [-0.05, 0) is 38.1 Å². The van der Waals surface area contributed by atoms with E-state index in [1.165, 1.54) is 28.9 Å². The first kappa shape index (κ1) is 17.0. The number of benzene rings is 1. The Balaban J connectivity index is 2.22. The van der Waals surface area contributed by atoms with E-state index in [1.807, 2.05) is 0 Å². The van der Waals surface area contributed by atoms with Crippen molar-refractivity contribution in [2.24, 2.45) is 0 Å². The highest BCUT2D eigenvalue weighted by molar-refractivity contribution is 6.33. The van der Waals surface area contributed by atoms with Crippen LogP contribution in [-0.2, 0) is 4.79 Å². The maximum atomic E-state index is 13.0. The molecule has 0 aliphatic heterocycles. The molecule has 8 heteroatoms. The van der Waals surface area contributed by atoms with Gasteiger partial charge in [0.05, 0.1) is 23.5 Å². The van der Waals surface area contributed by atoms with Crippen molar-refractivity contribution in [2.75, 3.05) is 13.1 Å². The van der Waals surface area contributed by atoms with Gasteiger partial charge in [0, 0.05) is 6.54 Å². The number of amides is 2. The van der Waals surface area contributed by atoms with E-state index in [1.54, 1.807) is 13.8 Å². The van der Waals surface area contributed by atoms with Crippen LogP contribution >= 0.6 is 11.6 Å². The summed E-state index contributed by atoms with van der Waals surface area (Å²) >= 11 is 6.22. The summed E-state index contributed by atoms with van der Waals surface area (Å²) in [6.07, 6.45) is 0. The van der Waals surface area contributed by atoms with Gasteiger partial charge in [-0.25, -0.2) is 9.07 Å². The van der Waals surface area contributed by atoms with Crippen LogP contribution < -0.4 is 10.6 Å². The van der Waals surface area contributed by atoms with Crippen LogP contribution in [-0.4, -0.2) is 34.7 Å². The van der Waals surface area contributed by atoms with Gasteiger partial charge in [-0.1, -0.05) is 11.6 Å². The third-order valence-corrected chi connectivity index (χ3v) is 3.43. The van der Waals surface area contributed by atoms with Gasteiger partial charge in [-0.15, -0.1) is 0 Å². The molecule has 0 spiro atoms. The molecule has 0 bridgehead atoms. The van der Waals surface area contributed by atoms with Gasteiger partial charge in [-0.2, -0.15) is 5.10 Å². The second kappa shape index (κ2) is 7.23. The summed E-state index contributed by atoms with van der Waals surface area (Å²) in [7, 11) is 0. The lowest BCUT2D eigenvalue weighted by molar-refractivity contribution is -0.120. The maximum absolute atomic E-state index is 13.0. The minimum Gasteiger partial charge on any atom is -0.355 e. The zero-order valence-electron chi connectivity index (χ0n) is 12.7. The Labute approximate surface area is 137 Å². The van der Waals surface area contributed by atoms with E-state index in [4.69, 9.17) is 11.6 Å². The minimum absolute atomic E-state index is 0.0995. The fourth-order valence-corrected chi connectivity index (χ4v) is 2.38. The summed E-state index contributed by atoms with van der Waals surface area (Å²) in [5, 5.41) is 9.36. The minimum atomic E-state index is -0.493. The molecular formula is C15H16ClFN4O2. The smallest absolute Gasteiger partial charge is 0.256 e. The second-order valence-corrected chi connectivity index (χ2v) is 5.13. The van der Waals surface area contributed by atoms with Crippen molar-refractivity contribution in [2.45, 2.75) is 13.8 Å². The summed E-state index contributed by atoms with van der Waals surface area (Å²) in [5.41, 5.74) is 1.12. The van der Waals surface area contributed by atoms with Crippen LogP contribution in [0.5, 0.6) is 0 Å². The molecule has 6 nitrogen and oxygen atoms in total. The zero-order valence-corrected chi connectivity index (χ0v) is 13.4. The Morgan fingerprint density at radius 1 is 1.26 bits per heavy atom. The lowest BCUT2D eigenvalue weighted by Gasteiger charge is -2.06. The Hall–Kier alpha value is -2.41. The molecule has 1 aromatic heterocycles. The molecule has 0 aliphatic rings. The van der Waals surface area contributed by atoms with Crippen LogP contribution in [0.4, 0.5) is 4.39 Å². The van der Waals surface area contributed by atoms with E-state index in [9.17, 15) is 14.0 Å². The molecule has 0 saturated heterocycles. The van der Waals surface area contributed by atoms with Crippen molar-refractivity contribution in [3.8, 4) is 5.69 Å². The largest absolute Gasteiger partial charge is 0.355 e. The van der Waals surface area contributed by atoms with E-state index < -0.39 is 5.91 Å². The van der Waals surface area contributed by atoms with Crippen molar-refractivity contribution >= 4 is 23.4 Å². The van der Waals surface area contributed by atoms with Crippen molar-refractivity contribution < 1.29 is 14.0 Å². The fraction of sp³-hybridized carbons (Fsp3) is 0.267. The normalized spacial score (nSPS) is 10.4. The van der Waals surface area contributed by atoms with E-state index in [0.717, 1.165) is 0 Å². The van der Waals surface area contributed by atoms with E-state index in [-0.39, 0.29) is 29.0 Å². The average molecular weight is 339 g/mol. The zero-order chi connectivity index (χ0) is 17.0. The number of hydrogen-bond acceptors (Lipinski definition) is 3. The van der Waals surface area contributed by atoms with Crippen LogP contribution in [0.2, 0.25) is 5.15 Å². The van der Waals surface area contributed by atoms with Crippen molar-refractivity contribution in [1.29, 1.82) is 0 Å². The number of nitrogens with zero attached hydrogens (tertiary/aromatic N) is 2. The third kappa shape index (κ3) is 3.87. The van der Waals surface area contributed by atoms with Gasteiger partial charge in [-0.3, -0.25) is 9.59 Å². The number of likely N-dealkylation sites (N-methyl/N-ethyl adjacent to an activating group) is 1. The van der Waals surface area contributed by atoms with Gasteiger partial charge < -0.3 is 10.6 Å². The Morgan fingerprint density at radius 3 is 2.52 bits per heavy atom. The second-order valence-electron chi connectivity index (χ2n) is 4.78. The van der Waals surface area contributed by atoms with Crippen molar-refractivity contribution in [3.63, 3.8) is 0 Å². The lowest BCUT2D eigenvalue weighted by Crippen LogP contribution is -2.36.